The van der Waals surface area contributed by atoms with Crippen molar-refractivity contribution in [1.82, 2.24) is 15.3 Å². The number of hydrogen-bond donors (Lipinski definition) is 1. The number of ether oxygens (including phenoxy) is 2. The minimum Gasteiger partial charge on any atom is -0.462 e. The van der Waals surface area contributed by atoms with E-state index in [0.717, 1.165) is 42.6 Å². The van der Waals surface area contributed by atoms with Crippen LogP contribution in [0.1, 0.15) is 17.5 Å². The van der Waals surface area contributed by atoms with Gasteiger partial charge in [-0.25, -0.2) is 0 Å². The van der Waals surface area contributed by atoms with Gasteiger partial charge in [-0.3, -0.25) is 0 Å². The fraction of sp³-hybridized carbons (Fsp3) is 0.556. The molecule has 27 heavy (non-hydrogen) atoms. The third kappa shape index (κ3) is 5.95. The number of likely N-dealkylation sites (N-methyl/N-ethyl adjacent to an activating group) is 1. The van der Waals surface area contributed by atoms with Crippen LogP contribution in [0.4, 0.5) is 10.8 Å². The van der Waals surface area contributed by atoms with E-state index in [1.165, 1.54) is 4.88 Å². The molecule has 1 fully saturated rings. The highest BCUT2D eigenvalue weighted by atomic mass is 32.1. The van der Waals surface area contributed by atoms with Gasteiger partial charge in [0.25, 0.3) is 0 Å². The van der Waals surface area contributed by atoms with Crippen LogP contribution in [0.25, 0.3) is 0 Å². The zero-order valence-electron chi connectivity index (χ0n) is 15.8. The van der Waals surface area contributed by atoms with Crippen LogP contribution in [-0.2, 0) is 17.7 Å². The molecule has 1 saturated heterocycles. The van der Waals surface area contributed by atoms with Gasteiger partial charge in [0.2, 0.25) is 0 Å². The maximum atomic E-state index is 5.69. The van der Waals surface area contributed by atoms with Crippen LogP contribution in [0.15, 0.2) is 28.4 Å². The summed E-state index contributed by atoms with van der Waals surface area (Å²) < 4.78 is 11.1. The molecule has 3 rings (SSSR count). The Morgan fingerprint density at radius 3 is 2.89 bits per heavy atom. The SMILES string of the molecule is CCc1ccc(N=NCc2cc(N3CCOCC3)nc(OCCNC)n2)s1. The summed E-state index contributed by atoms with van der Waals surface area (Å²) >= 11 is 1.66. The lowest BCUT2D eigenvalue weighted by Crippen LogP contribution is -2.37. The van der Waals surface area contributed by atoms with Gasteiger partial charge in [-0.05, 0) is 25.6 Å². The fourth-order valence-corrected chi connectivity index (χ4v) is 3.38. The summed E-state index contributed by atoms with van der Waals surface area (Å²) in [5.74, 6) is 0.849. The monoisotopic (exact) mass is 390 g/mol. The Morgan fingerprint density at radius 2 is 2.15 bits per heavy atom. The zero-order chi connectivity index (χ0) is 18.9. The molecule has 0 spiro atoms. The highest BCUT2D eigenvalue weighted by Crippen LogP contribution is 2.26. The van der Waals surface area contributed by atoms with E-state index in [4.69, 9.17) is 9.47 Å². The second-order valence-corrected chi connectivity index (χ2v) is 7.19. The predicted octanol–water partition coefficient (Wildman–Crippen LogP) is 2.82. The molecule has 0 radical (unpaired) electrons. The van der Waals surface area contributed by atoms with Gasteiger partial charge in [0, 0.05) is 30.6 Å². The second kappa shape index (κ2) is 10.3. The van der Waals surface area contributed by atoms with Crippen molar-refractivity contribution in [2.24, 2.45) is 10.2 Å². The molecule has 1 aliphatic rings. The summed E-state index contributed by atoms with van der Waals surface area (Å²) in [5.41, 5.74) is 0.793. The van der Waals surface area contributed by atoms with Crippen molar-refractivity contribution in [3.05, 3.63) is 28.8 Å². The van der Waals surface area contributed by atoms with Crippen molar-refractivity contribution in [3.8, 4) is 6.01 Å². The average molecular weight is 391 g/mol. The standard InChI is InChI=1S/C18H26N6O2S/c1-3-15-4-5-17(27-15)23-20-13-14-12-16(24-7-10-25-11-8-24)22-18(21-14)26-9-6-19-2/h4-5,12,19H,3,6-11,13H2,1-2H3. The van der Waals surface area contributed by atoms with Crippen LogP contribution in [0.5, 0.6) is 6.01 Å². The summed E-state index contributed by atoms with van der Waals surface area (Å²) in [6.45, 7) is 6.79. The Kier molecular flexibility index (Phi) is 7.49. The van der Waals surface area contributed by atoms with Crippen molar-refractivity contribution in [3.63, 3.8) is 0 Å². The van der Waals surface area contributed by atoms with Gasteiger partial charge in [0.1, 0.15) is 24.0 Å². The number of aromatic nitrogens is 2. The van der Waals surface area contributed by atoms with E-state index in [1.54, 1.807) is 11.3 Å². The molecule has 0 saturated carbocycles. The van der Waals surface area contributed by atoms with Crippen LogP contribution in [0.3, 0.4) is 0 Å². The minimum atomic E-state index is 0.379. The summed E-state index contributed by atoms with van der Waals surface area (Å²) in [6, 6.07) is 6.43. The molecular weight excluding hydrogens is 364 g/mol. The van der Waals surface area contributed by atoms with Crippen molar-refractivity contribution in [2.45, 2.75) is 19.9 Å². The molecule has 8 nitrogen and oxygen atoms in total. The molecule has 0 amide bonds. The average Bonchev–Trinajstić information content (AvgIpc) is 3.17. The van der Waals surface area contributed by atoms with Gasteiger partial charge in [0.15, 0.2) is 0 Å². The Balaban J connectivity index is 1.71. The lowest BCUT2D eigenvalue weighted by Gasteiger charge is -2.28. The number of aryl methyl sites for hydroxylation is 1. The first-order valence-electron chi connectivity index (χ1n) is 9.22. The normalized spacial score (nSPS) is 14.8. The highest BCUT2D eigenvalue weighted by Gasteiger charge is 2.15. The number of hydrogen-bond acceptors (Lipinski definition) is 9. The van der Waals surface area contributed by atoms with Gasteiger partial charge in [-0.1, -0.05) is 6.92 Å². The Labute approximate surface area is 163 Å². The summed E-state index contributed by atoms with van der Waals surface area (Å²) in [5, 5.41) is 12.6. The van der Waals surface area contributed by atoms with Gasteiger partial charge >= 0.3 is 6.01 Å². The van der Waals surface area contributed by atoms with Crippen molar-refractivity contribution in [1.29, 1.82) is 0 Å². The van der Waals surface area contributed by atoms with E-state index in [1.807, 2.05) is 19.2 Å². The van der Waals surface area contributed by atoms with E-state index in [9.17, 15) is 0 Å². The molecule has 3 heterocycles. The smallest absolute Gasteiger partial charge is 0.318 e. The van der Waals surface area contributed by atoms with E-state index in [0.29, 0.717) is 32.4 Å². The number of thiophene rings is 1. The first-order valence-corrected chi connectivity index (χ1v) is 10.0. The Morgan fingerprint density at radius 1 is 1.30 bits per heavy atom. The molecule has 0 atom stereocenters. The number of nitrogens with one attached hydrogen (secondary N) is 1. The van der Waals surface area contributed by atoms with Gasteiger partial charge < -0.3 is 19.7 Å². The van der Waals surface area contributed by atoms with Crippen LogP contribution in [0.2, 0.25) is 0 Å². The molecule has 1 N–H and O–H groups in total. The van der Waals surface area contributed by atoms with Crippen LogP contribution >= 0.6 is 11.3 Å². The van der Waals surface area contributed by atoms with E-state index < -0.39 is 0 Å². The van der Waals surface area contributed by atoms with Crippen molar-refractivity contribution >= 4 is 22.2 Å². The molecule has 146 valence electrons. The lowest BCUT2D eigenvalue weighted by atomic mass is 10.3. The molecular formula is C18H26N6O2S. The van der Waals surface area contributed by atoms with Crippen molar-refractivity contribution < 1.29 is 9.47 Å². The first-order chi connectivity index (χ1) is 13.3. The fourth-order valence-electron chi connectivity index (χ4n) is 2.59. The summed E-state index contributed by atoms with van der Waals surface area (Å²) in [7, 11) is 1.88. The Hall–Kier alpha value is -2.10. The summed E-state index contributed by atoms with van der Waals surface area (Å²) in [4.78, 5) is 12.5. The molecule has 1 aliphatic heterocycles. The van der Waals surface area contributed by atoms with Crippen molar-refractivity contribution in [2.75, 3.05) is 51.4 Å². The third-order valence-corrected chi connectivity index (χ3v) is 5.18. The molecule has 0 aromatic carbocycles. The van der Waals surface area contributed by atoms with Crippen LogP contribution in [-0.4, -0.2) is 56.5 Å². The first kappa shape index (κ1) is 19.7. The predicted molar refractivity (Wildman–Crippen MR) is 106 cm³/mol. The molecule has 0 aliphatic carbocycles. The number of morpholine rings is 1. The molecule has 0 bridgehead atoms. The minimum absolute atomic E-state index is 0.379. The molecule has 2 aromatic heterocycles. The number of azo groups is 1. The van der Waals surface area contributed by atoms with E-state index in [-0.39, 0.29) is 0 Å². The van der Waals surface area contributed by atoms with E-state index >= 15 is 0 Å². The third-order valence-electron chi connectivity index (χ3n) is 4.06. The topological polar surface area (TPSA) is 84.2 Å². The lowest BCUT2D eigenvalue weighted by molar-refractivity contribution is 0.122. The molecule has 2 aromatic rings. The second-order valence-electron chi connectivity index (χ2n) is 6.04. The highest BCUT2D eigenvalue weighted by molar-refractivity contribution is 7.15. The molecule has 0 unspecified atom stereocenters. The maximum Gasteiger partial charge on any atom is 0.318 e. The quantitative estimate of drug-likeness (QED) is 0.524. The Bertz CT molecular complexity index is 745. The van der Waals surface area contributed by atoms with Crippen LogP contribution in [0, 0.1) is 0 Å². The maximum absolute atomic E-state index is 5.69. The number of anilines is 1. The van der Waals surface area contributed by atoms with Gasteiger partial charge in [-0.15, -0.1) is 16.5 Å². The molecule has 9 heteroatoms. The van der Waals surface area contributed by atoms with Gasteiger partial charge in [0.05, 0.1) is 18.9 Å². The summed E-state index contributed by atoms with van der Waals surface area (Å²) in [6.07, 6.45) is 1.02. The number of rotatable bonds is 9. The van der Waals surface area contributed by atoms with Crippen LogP contribution < -0.4 is 15.0 Å². The zero-order valence-corrected chi connectivity index (χ0v) is 16.7. The largest absolute Gasteiger partial charge is 0.462 e. The van der Waals surface area contributed by atoms with Gasteiger partial charge in [-0.2, -0.15) is 15.1 Å². The van der Waals surface area contributed by atoms with E-state index in [2.05, 4.69) is 43.4 Å². The number of nitrogens with zero attached hydrogens (tertiary/aromatic N) is 5.